The van der Waals surface area contributed by atoms with E-state index in [0.717, 1.165) is 0 Å². The van der Waals surface area contributed by atoms with Crippen LogP contribution >= 0.6 is 8.60 Å². The van der Waals surface area contributed by atoms with Crippen LogP contribution in [0.5, 0.6) is 0 Å². The quantitative estimate of drug-likeness (QED) is 0.667. The summed E-state index contributed by atoms with van der Waals surface area (Å²) in [5, 5.41) is 0. The van der Waals surface area contributed by atoms with E-state index in [4.69, 9.17) is 9.05 Å². The van der Waals surface area contributed by atoms with E-state index >= 15 is 0 Å². The predicted octanol–water partition coefficient (Wildman–Crippen LogP) is 2.62. The Morgan fingerprint density at radius 2 is 2.23 bits per heavy atom. The molecule has 78 valence electrons. The second kappa shape index (κ2) is 4.55. The van der Waals surface area contributed by atoms with E-state index in [-0.39, 0.29) is 6.10 Å². The Kier molecular flexibility index (Phi) is 3.91. The number of hydrogen-bond acceptors (Lipinski definition) is 3. The lowest BCUT2D eigenvalue weighted by Gasteiger charge is -2.25. The Labute approximate surface area is 75.2 Å². The van der Waals surface area contributed by atoms with Gasteiger partial charge in [0, 0.05) is 0 Å². The summed E-state index contributed by atoms with van der Waals surface area (Å²) in [4.78, 5) is 0. The molecule has 1 aliphatic heterocycles. The van der Waals surface area contributed by atoms with Gasteiger partial charge in [0.25, 0.3) is 0 Å². The summed E-state index contributed by atoms with van der Waals surface area (Å²) in [6.45, 7) is 0.852. The third kappa shape index (κ3) is 4.76. The molecule has 0 bridgehead atoms. The molecule has 2 unspecified atom stereocenters. The summed E-state index contributed by atoms with van der Waals surface area (Å²) < 4.78 is 49.3. The fraction of sp³-hybridized carbons (Fsp3) is 1.00. The van der Waals surface area contributed by atoms with Gasteiger partial charge in [-0.3, -0.25) is 0 Å². The Hall–Kier alpha value is 0.100. The summed E-state index contributed by atoms with van der Waals surface area (Å²) >= 11 is 0. The first kappa shape index (κ1) is 11.2. The van der Waals surface area contributed by atoms with Gasteiger partial charge < -0.3 is 13.6 Å². The molecular weight excluding hydrogens is 208 g/mol. The average molecular weight is 218 g/mol. The fourth-order valence-corrected chi connectivity index (χ4v) is 1.82. The van der Waals surface area contributed by atoms with E-state index in [9.17, 15) is 13.2 Å². The normalized spacial score (nSPS) is 30.5. The highest BCUT2D eigenvalue weighted by Gasteiger charge is 2.32. The number of alkyl halides is 3. The van der Waals surface area contributed by atoms with Crippen molar-refractivity contribution in [1.82, 2.24) is 0 Å². The van der Waals surface area contributed by atoms with Gasteiger partial charge in [-0.05, 0) is 13.3 Å². The maximum atomic E-state index is 11.7. The van der Waals surface area contributed by atoms with Gasteiger partial charge >= 0.3 is 14.8 Å². The van der Waals surface area contributed by atoms with Crippen molar-refractivity contribution in [2.75, 3.05) is 13.2 Å². The SMILES string of the molecule is CC1CCOP(OCC(F)(F)F)O1. The van der Waals surface area contributed by atoms with E-state index < -0.39 is 21.4 Å². The fourth-order valence-electron chi connectivity index (χ4n) is 0.717. The molecule has 1 saturated heterocycles. The molecule has 0 N–H and O–H groups in total. The molecule has 0 radical (unpaired) electrons. The van der Waals surface area contributed by atoms with Gasteiger partial charge in [-0.1, -0.05) is 0 Å². The molecule has 0 spiro atoms. The topological polar surface area (TPSA) is 27.7 Å². The minimum atomic E-state index is -4.32. The van der Waals surface area contributed by atoms with Crippen LogP contribution in [-0.4, -0.2) is 25.5 Å². The summed E-state index contributed by atoms with van der Waals surface area (Å²) in [6.07, 6.45) is -3.72. The molecule has 0 aromatic carbocycles. The Morgan fingerprint density at radius 1 is 1.54 bits per heavy atom. The molecule has 0 aromatic rings. The summed E-state index contributed by atoms with van der Waals surface area (Å²) in [5.41, 5.74) is 0. The zero-order valence-corrected chi connectivity index (χ0v) is 7.90. The summed E-state index contributed by atoms with van der Waals surface area (Å²) in [6, 6.07) is 0. The Morgan fingerprint density at radius 3 is 2.77 bits per heavy atom. The van der Waals surface area contributed by atoms with Crippen molar-refractivity contribution in [3.8, 4) is 0 Å². The summed E-state index contributed by atoms with van der Waals surface area (Å²) in [5.74, 6) is 0. The third-order valence-corrected chi connectivity index (χ3v) is 2.59. The van der Waals surface area contributed by atoms with Crippen molar-refractivity contribution < 1.29 is 26.7 Å². The minimum Gasteiger partial charge on any atom is -0.312 e. The molecule has 13 heavy (non-hydrogen) atoms. The van der Waals surface area contributed by atoms with E-state index in [1.165, 1.54) is 0 Å². The molecule has 0 saturated carbocycles. The smallest absolute Gasteiger partial charge is 0.312 e. The van der Waals surface area contributed by atoms with Gasteiger partial charge in [0.15, 0.2) is 6.61 Å². The van der Waals surface area contributed by atoms with Crippen molar-refractivity contribution in [2.45, 2.75) is 25.6 Å². The van der Waals surface area contributed by atoms with Gasteiger partial charge in [-0.25, -0.2) is 0 Å². The lowest BCUT2D eigenvalue weighted by molar-refractivity contribution is -0.157. The third-order valence-electron chi connectivity index (χ3n) is 1.32. The van der Waals surface area contributed by atoms with Crippen LogP contribution in [0.25, 0.3) is 0 Å². The molecule has 3 nitrogen and oxygen atoms in total. The van der Waals surface area contributed by atoms with E-state index in [0.29, 0.717) is 13.0 Å². The number of halogens is 3. The first-order valence-electron chi connectivity index (χ1n) is 3.77. The van der Waals surface area contributed by atoms with E-state index in [1.54, 1.807) is 6.92 Å². The van der Waals surface area contributed by atoms with Crippen LogP contribution in [0.15, 0.2) is 0 Å². The molecule has 0 aliphatic carbocycles. The molecule has 1 aliphatic rings. The molecule has 7 heteroatoms. The van der Waals surface area contributed by atoms with Crippen molar-refractivity contribution >= 4 is 8.60 Å². The van der Waals surface area contributed by atoms with Crippen LogP contribution in [0.1, 0.15) is 13.3 Å². The van der Waals surface area contributed by atoms with Crippen LogP contribution < -0.4 is 0 Å². The maximum absolute atomic E-state index is 11.7. The molecule has 1 rings (SSSR count). The molecule has 1 heterocycles. The van der Waals surface area contributed by atoms with Crippen LogP contribution in [-0.2, 0) is 13.6 Å². The van der Waals surface area contributed by atoms with Gasteiger partial charge in [0.2, 0.25) is 0 Å². The highest BCUT2D eigenvalue weighted by molar-refractivity contribution is 7.41. The van der Waals surface area contributed by atoms with Crippen LogP contribution in [0.2, 0.25) is 0 Å². The lowest BCUT2D eigenvalue weighted by atomic mass is 10.3. The largest absolute Gasteiger partial charge is 0.412 e. The predicted molar refractivity (Wildman–Crippen MR) is 40.0 cm³/mol. The number of rotatable bonds is 2. The highest BCUT2D eigenvalue weighted by Crippen LogP contribution is 2.45. The standard InChI is InChI=1S/C6H10F3O3P/c1-5-2-3-10-13(12-5)11-4-6(7,8)9/h5H,2-4H2,1H3. The maximum Gasteiger partial charge on any atom is 0.412 e. The second-order valence-corrected chi connectivity index (χ2v) is 3.82. The van der Waals surface area contributed by atoms with Crippen molar-refractivity contribution in [2.24, 2.45) is 0 Å². The monoisotopic (exact) mass is 218 g/mol. The molecule has 2 atom stereocenters. The highest BCUT2D eigenvalue weighted by atomic mass is 31.2. The molecule has 1 fully saturated rings. The van der Waals surface area contributed by atoms with Crippen molar-refractivity contribution in [3.05, 3.63) is 0 Å². The van der Waals surface area contributed by atoms with E-state index in [1.807, 2.05) is 0 Å². The molecular formula is C6H10F3O3P. The zero-order valence-electron chi connectivity index (χ0n) is 7.00. The first-order chi connectivity index (χ1) is 5.97. The van der Waals surface area contributed by atoms with Crippen LogP contribution in [0, 0.1) is 0 Å². The summed E-state index contributed by atoms with van der Waals surface area (Å²) in [7, 11) is -1.80. The van der Waals surface area contributed by atoms with Gasteiger partial charge in [0.05, 0.1) is 12.7 Å². The van der Waals surface area contributed by atoms with Crippen molar-refractivity contribution in [1.29, 1.82) is 0 Å². The number of hydrogen-bond donors (Lipinski definition) is 0. The van der Waals surface area contributed by atoms with E-state index in [2.05, 4.69) is 4.52 Å². The zero-order chi connectivity index (χ0) is 9.90. The van der Waals surface area contributed by atoms with Crippen molar-refractivity contribution in [3.63, 3.8) is 0 Å². The van der Waals surface area contributed by atoms with Gasteiger partial charge in [0.1, 0.15) is 0 Å². The van der Waals surface area contributed by atoms with Gasteiger partial charge in [-0.15, -0.1) is 0 Å². The second-order valence-electron chi connectivity index (χ2n) is 2.65. The molecule has 0 aromatic heterocycles. The van der Waals surface area contributed by atoms with Crippen LogP contribution in [0.3, 0.4) is 0 Å². The molecule has 0 amide bonds. The van der Waals surface area contributed by atoms with Gasteiger partial charge in [-0.2, -0.15) is 13.2 Å². The Bertz CT molecular complexity index is 164. The minimum absolute atomic E-state index is 0.0897. The van der Waals surface area contributed by atoms with Crippen LogP contribution in [0.4, 0.5) is 13.2 Å². The first-order valence-corrected chi connectivity index (χ1v) is 4.86. The lowest BCUT2D eigenvalue weighted by Crippen LogP contribution is -2.20. The Balaban J connectivity index is 2.21. The average Bonchev–Trinajstić information content (AvgIpc) is 2.00.